The first kappa shape index (κ1) is 30.1. The summed E-state index contributed by atoms with van der Waals surface area (Å²) >= 11 is 1.36. The second-order valence-electron chi connectivity index (χ2n) is 12.5. The second kappa shape index (κ2) is 12.1. The molecule has 2 N–H and O–H groups in total. The zero-order chi connectivity index (χ0) is 30.8. The molecule has 2 amide bonds. The zero-order valence-electron chi connectivity index (χ0n) is 25.5. The fraction of sp³-hybridized carbons (Fsp3) is 0.375. The van der Waals surface area contributed by atoms with Crippen LogP contribution in [0.5, 0.6) is 0 Å². The Morgan fingerprint density at radius 1 is 0.907 bits per heavy atom. The minimum Gasteiger partial charge on any atom is -0.444 e. The largest absolute Gasteiger partial charge is 0.444 e. The summed E-state index contributed by atoms with van der Waals surface area (Å²) in [6.07, 6.45) is -0.302. The van der Waals surface area contributed by atoms with E-state index in [4.69, 9.17) is 9.84 Å². The third kappa shape index (κ3) is 7.34. The first-order valence-corrected chi connectivity index (χ1v) is 15.3. The molecule has 0 atom stereocenters. The van der Waals surface area contributed by atoms with Crippen LogP contribution in [0.4, 0.5) is 27.1 Å². The Hall–Kier alpha value is -4.38. The molecule has 0 bridgehead atoms. The molecule has 1 fully saturated rings. The molecule has 3 heterocycles. The van der Waals surface area contributed by atoms with E-state index in [1.54, 1.807) is 10.3 Å². The summed E-state index contributed by atoms with van der Waals surface area (Å²) in [5, 5.41) is 13.6. The van der Waals surface area contributed by atoms with Gasteiger partial charge in [-0.05, 0) is 53.7 Å². The highest BCUT2D eigenvalue weighted by Gasteiger charge is 2.27. The highest BCUT2D eigenvalue weighted by atomic mass is 32.1. The molecule has 0 spiro atoms. The van der Waals surface area contributed by atoms with E-state index in [0.29, 0.717) is 42.7 Å². The predicted octanol–water partition coefficient (Wildman–Crippen LogP) is 6.81. The van der Waals surface area contributed by atoms with E-state index in [9.17, 15) is 9.59 Å². The summed E-state index contributed by atoms with van der Waals surface area (Å²) in [6.45, 7) is 14.2. The van der Waals surface area contributed by atoms with Crippen molar-refractivity contribution in [3.8, 4) is 11.3 Å². The Morgan fingerprint density at radius 3 is 2.26 bits per heavy atom. The molecular formula is C32H39N7O3S. The van der Waals surface area contributed by atoms with Crippen molar-refractivity contribution in [3.05, 3.63) is 71.7 Å². The van der Waals surface area contributed by atoms with Gasteiger partial charge in [0.05, 0.1) is 22.6 Å². The molecule has 0 saturated carbocycles. The van der Waals surface area contributed by atoms with Gasteiger partial charge in [-0.1, -0.05) is 42.5 Å². The van der Waals surface area contributed by atoms with Crippen LogP contribution in [0.2, 0.25) is 0 Å². The molecule has 10 nitrogen and oxygen atoms in total. The number of hydrogen-bond acceptors (Lipinski definition) is 8. The summed E-state index contributed by atoms with van der Waals surface area (Å²) in [7, 11) is 0. The van der Waals surface area contributed by atoms with E-state index < -0.39 is 5.60 Å². The number of piperazine rings is 1. The SMILES string of the molecule is CC(C)(C)OC(=O)N1CCN(c2ccccc2NC(=O)c2csc(Nc3cc(-c4ccccc4)nn3C(C)(C)C)n2)CC1. The molecule has 1 aliphatic heterocycles. The Balaban J connectivity index is 1.26. The van der Waals surface area contributed by atoms with Crippen LogP contribution >= 0.6 is 11.3 Å². The molecule has 43 heavy (non-hydrogen) atoms. The average molecular weight is 602 g/mol. The highest BCUT2D eigenvalue weighted by Crippen LogP contribution is 2.31. The third-order valence-corrected chi connectivity index (χ3v) is 7.57. The second-order valence-corrected chi connectivity index (χ2v) is 13.3. The number of nitrogens with zero attached hydrogens (tertiary/aromatic N) is 5. The van der Waals surface area contributed by atoms with E-state index in [1.807, 2.05) is 86.1 Å². The summed E-state index contributed by atoms with van der Waals surface area (Å²) in [5.41, 5.74) is 3.00. The Bertz CT molecular complexity index is 1580. The van der Waals surface area contributed by atoms with Gasteiger partial charge in [0, 0.05) is 43.2 Å². The van der Waals surface area contributed by atoms with Gasteiger partial charge >= 0.3 is 6.09 Å². The molecule has 226 valence electrons. The number of nitrogens with one attached hydrogen (secondary N) is 2. The highest BCUT2D eigenvalue weighted by molar-refractivity contribution is 7.14. The number of ether oxygens (including phenoxy) is 1. The number of thiazole rings is 1. The maximum absolute atomic E-state index is 13.3. The predicted molar refractivity (Wildman–Crippen MR) is 172 cm³/mol. The molecule has 4 aromatic rings. The van der Waals surface area contributed by atoms with Gasteiger partial charge < -0.3 is 25.2 Å². The number of hydrogen-bond donors (Lipinski definition) is 2. The van der Waals surface area contributed by atoms with Crippen LogP contribution < -0.4 is 15.5 Å². The minimum atomic E-state index is -0.533. The quantitative estimate of drug-likeness (QED) is 0.250. The van der Waals surface area contributed by atoms with Crippen LogP contribution in [0.25, 0.3) is 11.3 Å². The van der Waals surface area contributed by atoms with Gasteiger partial charge in [-0.3, -0.25) is 4.79 Å². The molecule has 0 radical (unpaired) electrons. The van der Waals surface area contributed by atoms with Gasteiger partial charge in [-0.15, -0.1) is 11.3 Å². The van der Waals surface area contributed by atoms with Crippen molar-refractivity contribution >= 4 is 45.7 Å². The van der Waals surface area contributed by atoms with Crippen LogP contribution in [0, 0.1) is 0 Å². The maximum atomic E-state index is 13.3. The number of para-hydroxylation sites is 2. The molecule has 0 unspecified atom stereocenters. The molecule has 2 aromatic heterocycles. The van der Waals surface area contributed by atoms with Crippen molar-refractivity contribution in [2.75, 3.05) is 41.7 Å². The van der Waals surface area contributed by atoms with E-state index in [1.165, 1.54) is 11.3 Å². The Kier molecular flexibility index (Phi) is 8.45. The summed E-state index contributed by atoms with van der Waals surface area (Å²) < 4.78 is 7.46. The van der Waals surface area contributed by atoms with Crippen LogP contribution in [-0.4, -0.2) is 63.4 Å². The zero-order valence-corrected chi connectivity index (χ0v) is 26.4. The lowest BCUT2D eigenvalue weighted by Crippen LogP contribution is -2.50. The van der Waals surface area contributed by atoms with Gasteiger partial charge in [0.25, 0.3) is 5.91 Å². The molecule has 5 rings (SSSR count). The van der Waals surface area contributed by atoms with Crippen molar-refractivity contribution in [2.45, 2.75) is 52.7 Å². The Labute approximate surface area is 256 Å². The average Bonchev–Trinajstić information content (AvgIpc) is 3.61. The van der Waals surface area contributed by atoms with Crippen LogP contribution in [-0.2, 0) is 10.3 Å². The van der Waals surface area contributed by atoms with E-state index in [2.05, 4.69) is 41.3 Å². The topological polar surface area (TPSA) is 105 Å². The van der Waals surface area contributed by atoms with Crippen molar-refractivity contribution in [1.29, 1.82) is 0 Å². The first-order valence-electron chi connectivity index (χ1n) is 14.4. The van der Waals surface area contributed by atoms with Crippen molar-refractivity contribution in [2.24, 2.45) is 0 Å². The number of amides is 2. The van der Waals surface area contributed by atoms with Crippen LogP contribution in [0.15, 0.2) is 66.0 Å². The lowest BCUT2D eigenvalue weighted by atomic mass is 10.1. The summed E-state index contributed by atoms with van der Waals surface area (Å²) in [4.78, 5) is 34.3. The first-order chi connectivity index (χ1) is 20.4. The normalized spacial score (nSPS) is 14.0. The van der Waals surface area contributed by atoms with Crippen LogP contribution in [0.1, 0.15) is 52.0 Å². The smallest absolute Gasteiger partial charge is 0.410 e. The molecule has 11 heteroatoms. The maximum Gasteiger partial charge on any atom is 0.410 e. The standard InChI is InChI=1S/C32H39N7O3S/c1-31(2,3)39-27(20-24(36-39)22-12-8-7-9-13-22)35-29-34-25(21-43-29)28(40)33-23-14-10-11-15-26(23)37-16-18-38(19-17-37)30(41)42-32(4,5)6/h7-15,20-21H,16-19H2,1-6H3,(H,33,40)(H,34,35). The van der Waals surface area contributed by atoms with Gasteiger partial charge in [0.1, 0.15) is 17.1 Å². The van der Waals surface area contributed by atoms with Crippen LogP contribution in [0.3, 0.4) is 0 Å². The van der Waals surface area contributed by atoms with Crippen molar-refractivity contribution in [3.63, 3.8) is 0 Å². The summed E-state index contributed by atoms with van der Waals surface area (Å²) in [6, 6.07) is 19.7. The van der Waals surface area contributed by atoms with Crippen molar-refractivity contribution in [1.82, 2.24) is 19.7 Å². The Morgan fingerprint density at radius 2 is 1.58 bits per heavy atom. The number of benzene rings is 2. The number of carbonyl (C=O) groups is 2. The van der Waals surface area contributed by atoms with Gasteiger partial charge in [-0.25, -0.2) is 14.5 Å². The fourth-order valence-electron chi connectivity index (χ4n) is 4.77. The lowest BCUT2D eigenvalue weighted by molar-refractivity contribution is 0.0240. The number of rotatable bonds is 6. The molecular weight excluding hydrogens is 562 g/mol. The van der Waals surface area contributed by atoms with Crippen molar-refractivity contribution < 1.29 is 14.3 Å². The van der Waals surface area contributed by atoms with Gasteiger partial charge in [0.2, 0.25) is 0 Å². The third-order valence-electron chi connectivity index (χ3n) is 6.81. The molecule has 1 aliphatic rings. The fourth-order valence-corrected chi connectivity index (χ4v) is 5.47. The lowest BCUT2D eigenvalue weighted by Gasteiger charge is -2.37. The number of aromatic nitrogens is 3. The van der Waals surface area contributed by atoms with Gasteiger partial charge in [-0.2, -0.15) is 5.10 Å². The van der Waals surface area contributed by atoms with E-state index in [-0.39, 0.29) is 17.5 Å². The summed E-state index contributed by atoms with van der Waals surface area (Å²) in [5.74, 6) is 0.502. The van der Waals surface area contributed by atoms with E-state index in [0.717, 1.165) is 22.8 Å². The molecule has 2 aromatic carbocycles. The number of anilines is 4. The number of carbonyl (C=O) groups excluding carboxylic acids is 2. The van der Waals surface area contributed by atoms with Gasteiger partial charge in [0.15, 0.2) is 5.13 Å². The molecule has 0 aliphatic carbocycles. The van der Waals surface area contributed by atoms with E-state index >= 15 is 0 Å². The minimum absolute atomic E-state index is 0.269. The molecule has 1 saturated heterocycles. The monoisotopic (exact) mass is 601 g/mol.